The average molecular weight is 355 g/mol. The Balaban J connectivity index is 2.70. The van der Waals surface area contributed by atoms with Crippen molar-refractivity contribution in [3.63, 3.8) is 0 Å². The van der Waals surface area contributed by atoms with Gasteiger partial charge < -0.3 is 9.53 Å². The van der Waals surface area contributed by atoms with Gasteiger partial charge in [0, 0.05) is 12.5 Å². The second-order valence-electron chi connectivity index (χ2n) is 7.64. The predicted octanol–water partition coefficient (Wildman–Crippen LogP) is 3.75. The zero-order chi connectivity index (χ0) is 18.5. The summed E-state index contributed by atoms with van der Waals surface area (Å²) in [7, 11) is -2.59. The quantitative estimate of drug-likeness (QED) is 0.606. The number of aliphatic hydroxyl groups excluding tert-OH is 1. The van der Waals surface area contributed by atoms with E-state index in [2.05, 4.69) is 75.9 Å². The average Bonchev–Trinajstić information content (AvgIpc) is 2.62. The van der Waals surface area contributed by atoms with E-state index in [1.54, 1.807) is 0 Å². The highest BCUT2D eigenvalue weighted by atomic mass is 28.4. The van der Waals surface area contributed by atoms with Crippen LogP contribution in [0.25, 0.3) is 0 Å². The summed E-state index contributed by atoms with van der Waals surface area (Å²) < 4.78 is 6.94. The molecule has 0 fully saturated rings. The summed E-state index contributed by atoms with van der Waals surface area (Å²) in [6, 6.07) is 21.1. The normalized spacial score (nSPS) is 14.8. The van der Waals surface area contributed by atoms with Crippen molar-refractivity contribution in [3.8, 4) is 0 Å². The molecule has 0 aliphatic rings. The molecule has 134 valence electrons. The zero-order valence-corrected chi connectivity index (χ0v) is 16.8. The monoisotopic (exact) mass is 354 g/mol. The van der Waals surface area contributed by atoms with Crippen molar-refractivity contribution in [2.45, 2.75) is 38.8 Å². The molecule has 2 aromatic rings. The van der Waals surface area contributed by atoms with Crippen LogP contribution in [0.2, 0.25) is 5.04 Å². The van der Waals surface area contributed by atoms with E-state index in [1.165, 1.54) is 10.4 Å². The number of rotatable bonds is 7. The van der Waals surface area contributed by atoms with Gasteiger partial charge in [-0.1, -0.05) is 94.4 Å². The Labute approximate surface area is 153 Å². The third kappa shape index (κ3) is 3.95. The highest BCUT2D eigenvalue weighted by molar-refractivity contribution is 6.99. The number of hydrogen-bond donors (Lipinski definition) is 1. The molecule has 0 aromatic heterocycles. The van der Waals surface area contributed by atoms with Crippen LogP contribution >= 0.6 is 0 Å². The second-order valence-corrected chi connectivity index (χ2v) is 11.9. The number of aliphatic hydroxyl groups is 1. The minimum atomic E-state index is -2.59. The first-order valence-corrected chi connectivity index (χ1v) is 10.8. The Morgan fingerprint density at radius 1 is 1.00 bits per heavy atom. The van der Waals surface area contributed by atoms with Crippen molar-refractivity contribution < 1.29 is 9.53 Å². The van der Waals surface area contributed by atoms with Gasteiger partial charge in [0.25, 0.3) is 8.32 Å². The molecule has 2 rings (SSSR count). The molecule has 25 heavy (non-hydrogen) atoms. The van der Waals surface area contributed by atoms with E-state index in [4.69, 9.17) is 4.43 Å². The highest BCUT2D eigenvalue weighted by Crippen LogP contribution is 2.38. The SMILES string of the molecule is C=C[C@@H](O[Si](c1ccccc1)(c1ccccc1)C(C)(C)C)[C@@H](C)CO. The Morgan fingerprint density at radius 2 is 1.44 bits per heavy atom. The molecule has 0 saturated heterocycles. The van der Waals surface area contributed by atoms with E-state index < -0.39 is 8.32 Å². The van der Waals surface area contributed by atoms with Gasteiger partial charge in [-0.25, -0.2) is 0 Å². The lowest BCUT2D eigenvalue weighted by Crippen LogP contribution is -2.68. The Morgan fingerprint density at radius 3 is 1.76 bits per heavy atom. The molecule has 0 aliphatic heterocycles. The van der Waals surface area contributed by atoms with Gasteiger partial charge in [-0.2, -0.15) is 0 Å². The molecule has 0 saturated carbocycles. The van der Waals surface area contributed by atoms with Gasteiger partial charge in [0.2, 0.25) is 0 Å². The van der Waals surface area contributed by atoms with Crippen LogP contribution in [0.15, 0.2) is 73.3 Å². The van der Waals surface area contributed by atoms with Gasteiger partial charge in [-0.15, -0.1) is 6.58 Å². The second kappa shape index (κ2) is 8.13. The van der Waals surface area contributed by atoms with Gasteiger partial charge in [0.1, 0.15) is 0 Å². The van der Waals surface area contributed by atoms with Gasteiger partial charge in [-0.3, -0.25) is 0 Å². The summed E-state index contributed by atoms with van der Waals surface area (Å²) in [4.78, 5) is 0. The minimum Gasteiger partial charge on any atom is -0.401 e. The van der Waals surface area contributed by atoms with E-state index in [1.807, 2.05) is 25.1 Å². The molecule has 0 amide bonds. The first-order valence-electron chi connectivity index (χ1n) is 8.89. The molecule has 0 unspecified atom stereocenters. The highest BCUT2D eigenvalue weighted by Gasteiger charge is 2.51. The van der Waals surface area contributed by atoms with Crippen molar-refractivity contribution in [2.75, 3.05) is 6.61 Å². The molecule has 2 atom stereocenters. The minimum absolute atomic E-state index is 0.000788. The van der Waals surface area contributed by atoms with Crippen molar-refractivity contribution in [2.24, 2.45) is 5.92 Å². The summed E-state index contributed by atoms with van der Waals surface area (Å²) in [6.07, 6.45) is 1.64. The van der Waals surface area contributed by atoms with Crippen LogP contribution in [0.1, 0.15) is 27.7 Å². The van der Waals surface area contributed by atoms with Crippen LogP contribution in [0.4, 0.5) is 0 Å². The number of hydrogen-bond acceptors (Lipinski definition) is 2. The summed E-state index contributed by atoms with van der Waals surface area (Å²) in [6.45, 7) is 12.8. The summed E-state index contributed by atoms with van der Waals surface area (Å²) in [5, 5.41) is 12.1. The fraction of sp³-hybridized carbons (Fsp3) is 0.364. The first-order chi connectivity index (χ1) is 11.9. The van der Waals surface area contributed by atoms with E-state index in [0.29, 0.717) is 0 Å². The summed E-state index contributed by atoms with van der Waals surface area (Å²) >= 11 is 0. The van der Waals surface area contributed by atoms with E-state index in [9.17, 15) is 5.11 Å². The smallest absolute Gasteiger partial charge is 0.261 e. The molecule has 0 bridgehead atoms. The zero-order valence-electron chi connectivity index (χ0n) is 15.8. The van der Waals surface area contributed by atoms with E-state index in [-0.39, 0.29) is 23.7 Å². The van der Waals surface area contributed by atoms with Gasteiger partial charge >= 0.3 is 0 Å². The van der Waals surface area contributed by atoms with Crippen LogP contribution in [-0.4, -0.2) is 26.1 Å². The molecule has 2 nitrogen and oxygen atoms in total. The molecule has 2 aromatic carbocycles. The molecule has 0 aliphatic carbocycles. The molecular formula is C22H30O2Si. The molecular weight excluding hydrogens is 324 g/mol. The van der Waals surface area contributed by atoms with Crippen molar-refractivity contribution in [1.29, 1.82) is 0 Å². The van der Waals surface area contributed by atoms with Crippen LogP contribution in [0.3, 0.4) is 0 Å². The molecule has 0 spiro atoms. The van der Waals surface area contributed by atoms with E-state index >= 15 is 0 Å². The lowest BCUT2D eigenvalue weighted by Gasteiger charge is -2.45. The van der Waals surface area contributed by atoms with Gasteiger partial charge in [-0.05, 0) is 15.4 Å². The Bertz CT molecular complexity index is 622. The summed E-state index contributed by atoms with van der Waals surface area (Å²) in [5.74, 6) is -0.000788. The van der Waals surface area contributed by atoms with Gasteiger partial charge in [0.05, 0.1) is 6.10 Å². The van der Waals surface area contributed by atoms with E-state index in [0.717, 1.165) is 0 Å². The maximum atomic E-state index is 9.66. The van der Waals surface area contributed by atoms with Crippen LogP contribution in [0, 0.1) is 5.92 Å². The fourth-order valence-electron chi connectivity index (χ4n) is 3.40. The lowest BCUT2D eigenvalue weighted by molar-refractivity contribution is 0.121. The van der Waals surface area contributed by atoms with Gasteiger partial charge in [0.15, 0.2) is 0 Å². The maximum absolute atomic E-state index is 9.66. The van der Waals surface area contributed by atoms with Crippen LogP contribution < -0.4 is 10.4 Å². The maximum Gasteiger partial charge on any atom is 0.261 e. The standard InChI is InChI=1S/C22H30O2Si/c1-6-21(18(2)17-23)24-25(22(3,4)5,19-13-9-7-10-14-19)20-15-11-8-12-16-20/h6-16,18,21,23H,1,17H2,2-5H3/t18-,21+/m0/s1. The third-order valence-corrected chi connectivity index (χ3v) is 9.84. The largest absolute Gasteiger partial charge is 0.401 e. The lowest BCUT2D eigenvalue weighted by atomic mass is 10.1. The van der Waals surface area contributed by atoms with Crippen molar-refractivity contribution in [3.05, 3.63) is 73.3 Å². The predicted molar refractivity (Wildman–Crippen MR) is 109 cm³/mol. The summed E-state index contributed by atoms with van der Waals surface area (Å²) in [5.41, 5.74) is 0. The topological polar surface area (TPSA) is 29.5 Å². The Kier molecular flexibility index (Phi) is 6.39. The van der Waals surface area contributed by atoms with Crippen molar-refractivity contribution >= 4 is 18.7 Å². The van der Waals surface area contributed by atoms with Crippen LogP contribution in [-0.2, 0) is 4.43 Å². The fourth-order valence-corrected chi connectivity index (χ4v) is 8.15. The third-order valence-electron chi connectivity index (χ3n) is 4.81. The molecule has 0 heterocycles. The van der Waals surface area contributed by atoms with Crippen molar-refractivity contribution in [1.82, 2.24) is 0 Å². The number of benzene rings is 2. The van der Waals surface area contributed by atoms with Crippen LogP contribution in [0.5, 0.6) is 0 Å². The molecule has 1 N–H and O–H groups in total. The molecule has 0 radical (unpaired) electrons. The first kappa shape index (κ1) is 19.6. The Hall–Kier alpha value is -1.68. The molecule has 3 heteroatoms.